The van der Waals surface area contributed by atoms with E-state index in [0.29, 0.717) is 36.1 Å². The predicted molar refractivity (Wildman–Crippen MR) is 349 cm³/mol. The standard InChI is InChI=1S/2C10H19NO2.C10H19NO.C10H21NO.C9H17NO2.C8H17N.C7H15NO.C4H10/c1-8(2)10(12)11(3)9-4-6-13-7-5-9;1-8(2)10(12)11-7-9-3-5-13-6-4-9;1-8(2)10(12)11-9-6-4-3-5-7-9;1-4-11(9(2)3)10-5-7-12-8-6-10;1-7(2)9(11)10-8-3-5-12-6-4-8;1-7(2)9(3)6-8-4-5-8;1-7(2)8-3-5-9-6-4-8;1-4(2)3/h8-9H,4-7H2,1-3H3;8-9H,3-7H2,1-2H3,(H,11,12);8-9H,3-7H2,1-2H3,(H,11,12);9-10H,4-8H2,1-3H3;7-8H,3-6H2,1-2H3,(H,10,11);7-8H,4-6H2,1-3H3;7H,3-6H2,1-2H3;4H,1-3H3. The molecule has 0 bridgehead atoms. The molecule has 2 aliphatic carbocycles. The van der Waals surface area contributed by atoms with Gasteiger partial charge in [0, 0.05) is 152 Å². The number of hydrogen-bond donors (Lipinski definition) is 3. The number of carbonyl (C=O) groups is 4. The zero-order valence-electron chi connectivity index (χ0n) is 58.3. The Morgan fingerprint density at radius 1 is 0.452 bits per heavy atom. The maximum Gasteiger partial charge on any atom is 0.225 e. The van der Waals surface area contributed by atoms with Crippen LogP contribution in [0.2, 0.25) is 0 Å². The summed E-state index contributed by atoms with van der Waals surface area (Å²) in [5.74, 6) is 3.68. The molecule has 0 atom stereocenters. The van der Waals surface area contributed by atoms with Gasteiger partial charge in [-0.1, -0.05) is 102 Å². The molecular weight excluding hydrogens is 1060 g/mol. The van der Waals surface area contributed by atoms with Crippen molar-refractivity contribution >= 4 is 23.6 Å². The van der Waals surface area contributed by atoms with Crippen LogP contribution in [0.5, 0.6) is 0 Å². The largest absolute Gasteiger partial charge is 0.381 e. The Morgan fingerprint density at radius 2 is 0.845 bits per heavy atom. The second kappa shape index (κ2) is 49.4. The fourth-order valence-corrected chi connectivity index (χ4v) is 9.96. The lowest BCUT2D eigenvalue weighted by atomic mass is 9.95. The molecule has 5 heterocycles. The highest BCUT2D eigenvalue weighted by atomic mass is 16.5. The third-order valence-electron chi connectivity index (χ3n) is 16.2. The lowest BCUT2D eigenvalue weighted by Crippen LogP contribution is -2.43. The van der Waals surface area contributed by atoms with Crippen molar-refractivity contribution in [3.63, 3.8) is 0 Å². The zero-order valence-corrected chi connectivity index (χ0v) is 58.3. The highest BCUT2D eigenvalue weighted by molar-refractivity contribution is 5.79. The van der Waals surface area contributed by atoms with Gasteiger partial charge in [0.15, 0.2) is 0 Å². The maximum absolute atomic E-state index is 11.6. The zero-order chi connectivity index (χ0) is 63.6. The number of hydrogen-bond acceptors (Lipinski definition) is 12. The van der Waals surface area contributed by atoms with Crippen LogP contribution in [0.1, 0.15) is 221 Å². The number of morpholine rings is 1. The minimum absolute atomic E-state index is 0.0906. The van der Waals surface area contributed by atoms with Crippen molar-refractivity contribution < 1.29 is 42.9 Å². The van der Waals surface area contributed by atoms with Crippen molar-refractivity contribution in [1.82, 2.24) is 35.6 Å². The van der Waals surface area contributed by atoms with Crippen molar-refractivity contribution in [3.05, 3.63) is 0 Å². The van der Waals surface area contributed by atoms with Crippen molar-refractivity contribution in [2.24, 2.45) is 41.4 Å². The Morgan fingerprint density at radius 3 is 1.20 bits per heavy atom. The predicted octanol–water partition coefficient (Wildman–Crippen LogP) is 11.5. The van der Waals surface area contributed by atoms with Crippen LogP contribution in [0, 0.1) is 41.4 Å². The fourth-order valence-electron chi connectivity index (χ4n) is 9.96. The van der Waals surface area contributed by atoms with Crippen LogP contribution in [0.4, 0.5) is 0 Å². The summed E-state index contributed by atoms with van der Waals surface area (Å²) in [5, 5.41) is 9.04. The molecule has 0 radical (unpaired) electrons. The first-order valence-electron chi connectivity index (χ1n) is 34.0. The number of carbonyl (C=O) groups excluding carboxylic acids is 4. The molecular formula is C68H137N7O9. The highest BCUT2D eigenvalue weighted by Gasteiger charge is 2.26. The molecule has 4 amide bonds. The van der Waals surface area contributed by atoms with Crippen molar-refractivity contribution in [3.8, 4) is 0 Å². The smallest absolute Gasteiger partial charge is 0.225 e. The topological polar surface area (TPSA) is 163 Å². The van der Waals surface area contributed by atoms with Crippen LogP contribution < -0.4 is 16.0 Å². The van der Waals surface area contributed by atoms with Crippen LogP contribution in [0.3, 0.4) is 0 Å². The maximum atomic E-state index is 11.6. The summed E-state index contributed by atoms with van der Waals surface area (Å²) in [6, 6.07) is 4.06. The molecule has 16 nitrogen and oxygen atoms in total. The summed E-state index contributed by atoms with van der Waals surface area (Å²) >= 11 is 0. The quantitative estimate of drug-likeness (QED) is 0.134. The molecule has 0 spiro atoms. The molecule has 0 aromatic heterocycles. The van der Waals surface area contributed by atoms with E-state index in [1.807, 2.05) is 67.3 Å². The molecule has 0 aromatic rings. The van der Waals surface area contributed by atoms with Gasteiger partial charge in [-0.3, -0.25) is 29.0 Å². The van der Waals surface area contributed by atoms with E-state index in [0.717, 1.165) is 148 Å². The van der Waals surface area contributed by atoms with E-state index in [1.54, 1.807) is 0 Å². The van der Waals surface area contributed by atoms with E-state index in [2.05, 4.69) is 107 Å². The third-order valence-corrected chi connectivity index (χ3v) is 16.2. The summed E-state index contributed by atoms with van der Waals surface area (Å²) in [6.07, 6.45) is 17.7. The second-order valence-corrected chi connectivity index (χ2v) is 27.2. The molecule has 16 heteroatoms. The van der Waals surface area contributed by atoms with E-state index < -0.39 is 0 Å². The summed E-state index contributed by atoms with van der Waals surface area (Å²) in [7, 11) is 4.11. The van der Waals surface area contributed by atoms with Gasteiger partial charge in [-0.25, -0.2) is 0 Å². The van der Waals surface area contributed by atoms with Crippen LogP contribution in [-0.2, 0) is 42.9 Å². The van der Waals surface area contributed by atoms with Gasteiger partial charge in [-0.05, 0) is 150 Å². The lowest BCUT2D eigenvalue weighted by Gasteiger charge is -2.36. The van der Waals surface area contributed by atoms with E-state index in [-0.39, 0.29) is 47.3 Å². The molecule has 7 rings (SSSR count). The first-order chi connectivity index (χ1) is 39.7. The van der Waals surface area contributed by atoms with Gasteiger partial charge in [0.1, 0.15) is 0 Å². The fraction of sp³-hybridized carbons (Fsp3) is 0.941. The number of rotatable bonds is 16. The van der Waals surface area contributed by atoms with E-state index in [4.69, 9.17) is 23.7 Å². The molecule has 498 valence electrons. The summed E-state index contributed by atoms with van der Waals surface area (Å²) < 4.78 is 26.2. The molecule has 7 aliphatic rings. The Balaban J connectivity index is 0.000000949. The van der Waals surface area contributed by atoms with Gasteiger partial charge in [-0.15, -0.1) is 0 Å². The molecule has 0 aromatic carbocycles. The molecule has 7 fully saturated rings. The third kappa shape index (κ3) is 42.4. The average molecular weight is 1200 g/mol. The van der Waals surface area contributed by atoms with E-state index >= 15 is 0 Å². The van der Waals surface area contributed by atoms with Crippen LogP contribution in [-0.4, -0.2) is 198 Å². The van der Waals surface area contributed by atoms with Crippen molar-refractivity contribution in [2.45, 2.75) is 263 Å². The highest BCUT2D eigenvalue weighted by Crippen LogP contribution is 2.29. The second-order valence-electron chi connectivity index (χ2n) is 27.2. The van der Waals surface area contributed by atoms with Crippen LogP contribution >= 0.6 is 0 Å². The SMILES string of the molecule is CC(C)C.CC(C)C(=O)N(C)C1CCOCC1.CC(C)C(=O)NC1CCCCC1.CC(C)C(=O)NC1CCOCC1.CC(C)C(=O)NCC1CCOCC1.CC(C)N(C)CC1CC1.CC(C)N1CCOCC1.CCN(C(C)C)C1CCOCC1. The summed E-state index contributed by atoms with van der Waals surface area (Å²) in [4.78, 5) is 54.7. The summed E-state index contributed by atoms with van der Waals surface area (Å²) in [6.45, 7) is 51.8. The molecule has 2 saturated carbocycles. The van der Waals surface area contributed by atoms with Gasteiger partial charge >= 0.3 is 0 Å². The monoisotopic (exact) mass is 1200 g/mol. The lowest BCUT2D eigenvalue weighted by molar-refractivity contribution is -0.137. The van der Waals surface area contributed by atoms with Crippen molar-refractivity contribution in [2.75, 3.05) is 113 Å². The molecule has 3 N–H and O–H groups in total. The Labute approximate surface area is 517 Å². The first-order valence-corrected chi connectivity index (χ1v) is 34.0. The van der Waals surface area contributed by atoms with Crippen LogP contribution in [0.25, 0.3) is 0 Å². The number of amides is 4. The Bertz CT molecular complexity index is 1560. The van der Waals surface area contributed by atoms with E-state index in [1.165, 1.54) is 70.9 Å². The number of nitrogens with one attached hydrogen (secondary N) is 3. The van der Waals surface area contributed by atoms with Crippen molar-refractivity contribution in [1.29, 1.82) is 0 Å². The van der Waals surface area contributed by atoms with Gasteiger partial charge in [0.25, 0.3) is 0 Å². The Hall–Kier alpha value is -2.44. The molecule has 0 unspecified atom stereocenters. The first kappa shape index (κ1) is 81.6. The average Bonchev–Trinajstić information content (AvgIpc) is 4.31. The van der Waals surface area contributed by atoms with Crippen LogP contribution in [0.15, 0.2) is 0 Å². The van der Waals surface area contributed by atoms with Gasteiger partial charge in [-0.2, -0.15) is 0 Å². The number of ether oxygens (including phenoxy) is 5. The van der Waals surface area contributed by atoms with Gasteiger partial charge in [0.2, 0.25) is 23.6 Å². The van der Waals surface area contributed by atoms with Gasteiger partial charge in [0.05, 0.1) is 13.2 Å². The minimum atomic E-state index is 0.0906. The Kier molecular flexibility index (Phi) is 48.0. The minimum Gasteiger partial charge on any atom is -0.381 e. The van der Waals surface area contributed by atoms with Gasteiger partial charge < -0.3 is 49.4 Å². The number of nitrogens with zero attached hydrogens (tertiary/aromatic N) is 4. The molecule has 5 saturated heterocycles. The van der Waals surface area contributed by atoms with E-state index in [9.17, 15) is 19.2 Å². The summed E-state index contributed by atoms with van der Waals surface area (Å²) in [5.41, 5.74) is 0. The normalized spacial score (nSPS) is 19.5. The molecule has 5 aliphatic heterocycles. The molecule has 84 heavy (non-hydrogen) atoms.